The summed E-state index contributed by atoms with van der Waals surface area (Å²) in [5.41, 5.74) is 19.3. The van der Waals surface area contributed by atoms with Crippen LogP contribution in [0.25, 0.3) is 117 Å². The molecule has 314 valence electrons. The van der Waals surface area contributed by atoms with Gasteiger partial charge in [0.25, 0.3) is 0 Å². The molecule has 12 aromatic rings. The number of hydrogen-bond acceptors (Lipinski definition) is 4. The standard InChI is InChI=1S/C61H44N4O/c1-37-27-38(2)30-47(29-37)44-19-23-49-50-24-20-45(48-31-39(3)28-40(4)32-48)35-56(50)65(55(49)34-44)54-26-22-43(46-21-25-52-51-17-11-12-18-57(51)66-58(52)36-46)33-53(54)61-63-59(41-13-7-5-8-14-41)62-60(64-61)42-15-9-6-10-16-42/h5-36H,1-4H3. The minimum atomic E-state index is 0.579. The second-order valence-electron chi connectivity index (χ2n) is 17.6. The summed E-state index contributed by atoms with van der Waals surface area (Å²) >= 11 is 0. The summed E-state index contributed by atoms with van der Waals surface area (Å²) in [6.07, 6.45) is 0. The smallest absolute Gasteiger partial charge is 0.166 e. The van der Waals surface area contributed by atoms with Gasteiger partial charge in [0.05, 0.1) is 16.7 Å². The first-order valence-corrected chi connectivity index (χ1v) is 22.5. The molecule has 0 amide bonds. The van der Waals surface area contributed by atoms with Crippen molar-refractivity contribution in [2.24, 2.45) is 0 Å². The van der Waals surface area contributed by atoms with Gasteiger partial charge in [0, 0.05) is 38.2 Å². The molecule has 0 aliphatic heterocycles. The molecule has 0 saturated heterocycles. The fraction of sp³-hybridized carbons (Fsp3) is 0.0656. The van der Waals surface area contributed by atoms with E-state index in [2.05, 4.69) is 178 Å². The van der Waals surface area contributed by atoms with Crippen molar-refractivity contribution in [2.75, 3.05) is 0 Å². The molecule has 0 bridgehead atoms. The zero-order valence-electron chi connectivity index (χ0n) is 37.2. The molecule has 0 saturated carbocycles. The Bertz CT molecular complexity index is 3650. The maximum Gasteiger partial charge on any atom is 0.166 e. The Hall–Kier alpha value is -8.41. The van der Waals surface area contributed by atoms with E-state index in [9.17, 15) is 0 Å². The molecule has 0 spiro atoms. The zero-order chi connectivity index (χ0) is 44.5. The lowest BCUT2D eigenvalue weighted by atomic mass is 9.98. The van der Waals surface area contributed by atoms with E-state index in [1.807, 2.05) is 48.5 Å². The van der Waals surface area contributed by atoms with E-state index < -0.39 is 0 Å². The van der Waals surface area contributed by atoms with E-state index in [-0.39, 0.29) is 0 Å². The second kappa shape index (κ2) is 15.7. The number of fused-ring (bicyclic) bond motifs is 6. The van der Waals surface area contributed by atoms with E-state index in [1.54, 1.807) is 0 Å². The first kappa shape index (κ1) is 39.2. The van der Waals surface area contributed by atoms with Gasteiger partial charge in [-0.1, -0.05) is 174 Å². The first-order valence-electron chi connectivity index (χ1n) is 22.5. The fourth-order valence-corrected chi connectivity index (χ4v) is 9.84. The molecular formula is C61H44N4O. The number of aromatic nitrogens is 4. The van der Waals surface area contributed by atoms with Gasteiger partial charge >= 0.3 is 0 Å². The van der Waals surface area contributed by atoms with Gasteiger partial charge in [-0.25, -0.2) is 15.0 Å². The Kier molecular flexibility index (Phi) is 9.32. The average molecular weight is 849 g/mol. The highest BCUT2D eigenvalue weighted by Crippen LogP contribution is 2.42. The summed E-state index contributed by atoms with van der Waals surface area (Å²) in [5, 5.41) is 4.53. The van der Waals surface area contributed by atoms with Gasteiger partial charge in [-0.15, -0.1) is 0 Å². The quantitative estimate of drug-likeness (QED) is 0.160. The molecule has 3 aromatic heterocycles. The molecule has 0 unspecified atom stereocenters. The number of aryl methyl sites for hydroxylation is 4. The minimum absolute atomic E-state index is 0.579. The first-order chi connectivity index (χ1) is 32.3. The number of nitrogens with zero attached hydrogens (tertiary/aromatic N) is 4. The molecule has 5 nitrogen and oxygen atoms in total. The SMILES string of the molecule is Cc1cc(C)cc(-c2ccc3c4ccc(-c5cc(C)cc(C)c5)cc4n(-c4ccc(-c5ccc6c(c5)oc5ccccc56)cc4-c4nc(-c5ccccc5)nc(-c5ccccc5)n4)c3c2)c1. The van der Waals surface area contributed by atoms with Crippen molar-refractivity contribution in [1.82, 2.24) is 19.5 Å². The average Bonchev–Trinajstić information content (AvgIpc) is 3.88. The second-order valence-corrected chi connectivity index (χ2v) is 17.6. The third kappa shape index (κ3) is 6.93. The van der Waals surface area contributed by atoms with Crippen molar-refractivity contribution in [1.29, 1.82) is 0 Å². The van der Waals surface area contributed by atoms with Gasteiger partial charge in [-0.05, 0) is 104 Å². The summed E-state index contributed by atoms with van der Waals surface area (Å²) in [6, 6.07) is 69.2. The monoisotopic (exact) mass is 848 g/mol. The zero-order valence-corrected chi connectivity index (χ0v) is 37.2. The summed E-state index contributed by atoms with van der Waals surface area (Å²) in [5.74, 6) is 1.79. The molecule has 66 heavy (non-hydrogen) atoms. The van der Waals surface area contributed by atoms with Crippen LogP contribution in [0.2, 0.25) is 0 Å². The minimum Gasteiger partial charge on any atom is -0.456 e. The lowest BCUT2D eigenvalue weighted by Crippen LogP contribution is -2.04. The molecule has 3 heterocycles. The van der Waals surface area contributed by atoms with Gasteiger partial charge in [0.15, 0.2) is 17.5 Å². The van der Waals surface area contributed by atoms with Gasteiger partial charge in [-0.3, -0.25) is 0 Å². The largest absolute Gasteiger partial charge is 0.456 e. The number of para-hydroxylation sites is 1. The molecule has 9 aromatic carbocycles. The Morgan fingerprint density at radius 3 is 1.32 bits per heavy atom. The Labute approximate surface area is 383 Å². The number of hydrogen-bond donors (Lipinski definition) is 0. The van der Waals surface area contributed by atoms with Crippen LogP contribution in [0.5, 0.6) is 0 Å². The maximum absolute atomic E-state index is 6.43. The predicted octanol–water partition coefficient (Wildman–Crippen LogP) is 16.1. The lowest BCUT2D eigenvalue weighted by molar-refractivity contribution is 0.669. The van der Waals surface area contributed by atoms with E-state index in [0.717, 1.165) is 77.6 Å². The lowest BCUT2D eigenvalue weighted by Gasteiger charge is -2.17. The summed E-state index contributed by atoms with van der Waals surface area (Å²) in [7, 11) is 0. The van der Waals surface area contributed by atoms with Crippen LogP contribution in [-0.2, 0) is 0 Å². The van der Waals surface area contributed by atoms with Crippen molar-refractivity contribution >= 4 is 43.7 Å². The molecule has 0 radical (unpaired) electrons. The molecule has 0 aliphatic carbocycles. The van der Waals surface area contributed by atoms with Gasteiger partial charge in [-0.2, -0.15) is 0 Å². The van der Waals surface area contributed by atoms with E-state index in [0.29, 0.717) is 17.5 Å². The van der Waals surface area contributed by atoms with Crippen LogP contribution in [-0.4, -0.2) is 19.5 Å². The number of furan rings is 1. The van der Waals surface area contributed by atoms with E-state index >= 15 is 0 Å². The van der Waals surface area contributed by atoms with Gasteiger partial charge in [0.2, 0.25) is 0 Å². The number of benzene rings is 9. The molecule has 0 N–H and O–H groups in total. The Morgan fingerprint density at radius 2 is 0.758 bits per heavy atom. The molecular weight excluding hydrogens is 805 g/mol. The van der Waals surface area contributed by atoms with Crippen LogP contribution in [0.1, 0.15) is 22.3 Å². The normalized spacial score (nSPS) is 11.6. The van der Waals surface area contributed by atoms with Crippen molar-refractivity contribution in [3.63, 3.8) is 0 Å². The third-order valence-electron chi connectivity index (χ3n) is 12.8. The third-order valence-corrected chi connectivity index (χ3v) is 12.8. The Balaban J connectivity index is 1.17. The van der Waals surface area contributed by atoms with Crippen LogP contribution >= 0.6 is 0 Å². The predicted molar refractivity (Wildman–Crippen MR) is 273 cm³/mol. The number of rotatable bonds is 7. The van der Waals surface area contributed by atoms with Crippen molar-refractivity contribution < 1.29 is 4.42 Å². The van der Waals surface area contributed by atoms with Crippen LogP contribution in [0.15, 0.2) is 199 Å². The van der Waals surface area contributed by atoms with Gasteiger partial charge < -0.3 is 8.98 Å². The van der Waals surface area contributed by atoms with Crippen LogP contribution in [0.4, 0.5) is 0 Å². The summed E-state index contributed by atoms with van der Waals surface area (Å²) < 4.78 is 8.85. The van der Waals surface area contributed by atoms with Crippen LogP contribution < -0.4 is 0 Å². The highest BCUT2D eigenvalue weighted by molar-refractivity contribution is 6.12. The molecule has 0 fully saturated rings. The van der Waals surface area contributed by atoms with Crippen LogP contribution in [0, 0.1) is 27.7 Å². The highest BCUT2D eigenvalue weighted by atomic mass is 16.3. The van der Waals surface area contributed by atoms with Crippen LogP contribution in [0.3, 0.4) is 0 Å². The fourth-order valence-electron chi connectivity index (χ4n) is 9.84. The van der Waals surface area contributed by atoms with E-state index in [4.69, 9.17) is 19.4 Å². The molecule has 12 rings (SSSR count). The molecule has 5 heteroatoms. The molecule has 0 aliphatic rings. The van der Waals surface area contributed by atoms with Crippen molar-refractivity contribution in [3.05, 3.63) is 216 Å². The van der Waals surface area contributed by atoms with E-state index in [1.165, 1.54) is 44.2 Å². The maximum atomic E-state index is 6.43. The Morgan fingerprint density at radius 1 is 0.318 bits per heavy atom. The highest BCUT2D eigenvalue weighted by Gasteiger charge is 2.22. The molecule has 0 atom stereocenters. The summed E-state index contributed by atoms with van der Waals surface area (Å²) in [4.78, 5) is 15.8. The summed E-state index contributed by atoms with van der Waals surface area (Å²) in [6.45, 7) is 8.68. The van der Waals surface area contributed by atoms with Crippen molar-refractivity contribution in [2.45, 2.75) is 27.7 Å². The van der Waals surface area contributed by atoms with Gasteiger partial charge in [0.1, 0.15) is 11.2 Å². The van der Waals surface area contributed by atoms with Crippen molar-refractivity contribution in [3.8, 4) is 73.2 Å². The topological polar surface area (TPSA) is 56.7 Å².